The van der Waals surface area contributed by atoms with Crippen LogP contribution in [-0.2, 0) is 0 Å². The molecule has 0 aliphatic carbocycles. The molecule has 0 unspecified atom stereocenters. The molecule has 0 heterocycles. The highest BCUT2D eigenvalue weighted by Crippen LogP contribution is 2.14. The molecule has 15 heavy (non-hydrogen) atoms. The van der Waals surface area contributed by atoms with Gasteiger partial charge in [-0.15, -0.1) is 0 Å². The number of hydrogen-bond acceptors (Lipinski definition) is 4. The molecule has 0 aromatic carbocycles. The maximum absolute atomic E-state index is 2.25. The van der Waals surface area contributed by atoms with Crippen LogP contribution in [0.2, 0.25) is 0 Å². The number of rotatable bonds is 5. The highest BCUT2D eigenvalue weighted by molar-refractivity contribution is 5.08. The third-order valence-corrected chi connectivity index (χ3v) is 2.31. The zero-order valence-corrected chi connectivity index (χ0v) is 11.5. The molecule has 0 spiro atoms. The third kappa shape index (κ3) is 3.53. The quantitative estimate of drug-likeness (QED) is 0.669. The first-order valence-corrected chi connectivity index (χ1v) is 5.30. The van der Waals surface area contributed by atoms with Gasteiger partial charge in [0.25, 0.3) is 0 Å². The first-order chi connectivity index (χ1) is 6.82. The van der Waals surface area contributed by atoms with Gasteiger partial charge in [-0.1, -0.05) is 0 Å². The van der Waals surface area contributed by atoms with Crippen LogP contribution in [0, 0.1) is 0 Å². The van der Waals surface area contributed by atoms with E-state index < -0.39 is 0 Å². The van der Waals surface area contributed by atoms with E-state index in [0.717, 1.165) is 6.54 Å². The molecule has 4 nitrogen and oxygen atoms in total. The van der Waals surface area contributed by atoms with Gasteiger partial charge in [0.05, 0.1) is 0 Å². The van der Waals surface area contributed by atoms with Gasteiger partial charge in [0.1, 0.15) is 11.6 Å². The maximum Gasteiger partial charge on any atom is 0.145 e. The lowest BCUT2D eigenvalue weighted by Crippen LogP contribution is -2.37. The van der Waals surface area contributed by atoms with Crippen molar-refractivity contribution in [2.24, 2.45) is 0 Å². The minimum Gasteiger partial charge on any atom is -0.361 e. The molecule has 0 aliphatic rings. The van der Waals surface area contributed by atoms with Crippen molar-refractivity contribution in [3.05, 3.63) is 11.6 Å². The maximum atomic E-state index is 2.25. The SMILES string of the molecule is CCN(C)C(=C(N(C)C)N(C)C)N(C)C. The first kappa shape index (κ1) is 13.9. The van der Waals surface area contributed by atoms with Crippen LogP contribution in [0.4, 0.5) is 0 Å². The van der Waals surface area contributed by atoms with Gasteiger partial charge >= 0.3 is 0 Å². The lowest BCUT2D eigenvalue weighted by Gasteiger charge is -2.35. The van der Waals surface area contributed by atoms with Crippen molar-refractivity contribution in [2.75, 3.05) is 55.9 Å². The molecule has 90 valence electrons. The third-order valence-electron chi connectivity index (χ3n) is 2.31. The summed E-state index contributed by atoms with van der Waals surface area (Å²) in [5, 5.41) is 0. The van der Waals surface area contributed by atoms with E-state index in [1.807, 2.05) is 0 Å². The monoisotopic (exact) mass is 214 g/mol. The molecule has 0 N–H and O–H groups in total. The average Bonchev–Trinajstić information content (AvgIpc) is 2.10. The van der Waals surface area contributed by atoms with Gasteiger partial charge in [0.15, 0.2) is 0 Å². The summed E-state index contributed by atoms with van der Waals surface area (Å²) < 4.78 is 0. The van der Waals surface area contributed by atoms with Crippen LogP contribution < -0.4 is 0 Å². The van der Waals surface area contributed by atoms with E-state index in [-0.39, 0.29) is 0 Å². The van der Waals surface area contributed by atoms with Crippen molar-refractivity contribution in [2.45, 2.75) is 6.92 Å². The molecule has 0 radical (unpaired) electrons. The second-order valence-electron chi connectivity index (χ2n) is 4.34. The predicted molar refractivity (Wildman–Crippen MR) is 66.4 cm³/mol. The fourth-order valence-corrected chi connectivity index (χ4v) is 1.66. The Morgan fingerprint density at radius 1 is 0.667 bits per heavy atom. The molecule has 0 saturated carbocycles. The molecule has 0 bridgehead atoms. The molecule has 4 heteroatoms. The van der Waals surface area contributed by atoms with Gasteiger partial charge in [-0.2, -0.15) is 0 Å². The van der Waals surface area contributed by atoms with Gasteiger partial charge in [-0.25, -0.2) is 0 Å². The Morgan fingerprint density at radius 3 is 1.20 bits per heavy atom. The Labute approximate surface area is 94.7 Å². The van der Waals surface area contributed by atoms with E-state index in [4.69, 9.17) is 0 Å². The van der Waals surface area contributed by atoms with E-state index in [2.05, 4.69) is 75.9 Å². The summed E-state index contributed by atoms with van der Waals surface area (Å²) in [7, 11) is 14.6. The molecule has 0 aliphatic heterocycles. The number of nitrogens with zero attached hydrogens (tertiary/aromatic N) is 4. The highest BCUT2D eigenvalue weighted by Gasteiger charge is 2.16. The highest BCUT2D eigenvalue weighted by atomic mass is 15.4. The van der Waals surface area contributed by atoms with Gasteiger partial charge in [-0.3, -0.25) is 0 Å². The van der Waals surface area contributed by atoms with Crippen molar-refractivity contribution >= 4 is 0 Å². The fourth-order valence-electron chi connectivity index (χ4n) is 1.66. The van der Waals surface area contributed by atoms with E-state index in [0.29, 0.717) is 0 Å². The van der Waals surface area contributed by atoms with E-state index in [9.17, 15) is 0 Å². The van der Waals surface area contributed by atoms with E-state index in [1.165, 1.54) is 11.6 Å². The summed E-state index contributed by atoms with van der Waals surface area (Å²) >= 11 is 0. The standard InChI is InChI=1S/C11H26N4/c1-9-15(8)11(14(6)7)10(12(2)3)13(4)5/h9H2,1-8H3. The van der Waals surface area contributed by atoms with Crippen LogP contribution in [0.1, 0.15) is 6.92 Å². The summed E-state index contributed by atoms with van der Waals surface area (Å²) in [6.07, 6.45) is 0. The van der Waals surface area contributed by atoms with Crippen molar-refractivity contribution in [3.8, 4) is 0 Å². The smallest absolute Gasteiger partial charge is 0.145 e. The molecular weight excluding hydrogens is 188 g/mol. The Balaban J connectivity index is 5.35. The van der Waals surface area contributed by atoms with Crippen LogP contribution in [0.25, 0.3) is 0 Å². The Kier molecular flexibility index (Phi) is 5.33. The van der Waals surface area contributed by atoms with Crippen molar-refractivity contribution in [3.63, 3.8) is 0 Å². The van der Waals surface area contributed by atoms with Crippen molar-refractivity contribution < 1.29 is 0 Å². The predicted octanol–water partition coefficient (Wildman–Crippen LogP) is 0.750. The van der Waals surface area contributed by atoms with Gasteiger partial charge in [0, 0.05) is 55.9 Å². The molecular formula is C11H26N4. The Hall–Kier alpha value is -1.06. The van der Waals surface area contributed by atoms with Gasteiger partial charge in [0.2, 0.25) is 0 Å². The average molecular weight is 214 g/mol. The number of hydrogen-bond donors (Lipinski definition) is 0. The molecule has 0 amide bonds. The Morgan fingerprint density at radius 2 is 1.00 bits per heavy atom. The van der Waals surface area contributed by atoms with Crippen molar-refractivity contribution in [1.82, 2.24) is 19.6 Å². The molecule has 0 aromatic heterocycles. The summed E-state index contributed by atoms with van der Waals surface area (Å²) in [6.45, 7) is 3.16. The minimum atomic E-state index is 0.999. The molecule has 0 aromatic rings. The lowest BCUT2D eigenvalue weighted by molar-refractivity contribution is 0.241. The zero-order valence-electron chi connectivity index (χ0n) is 11.5. The molecule has 0 atom stereocenters. The molecule has 0 fully saturated rings. The molecule has 0 rings (SSSR count). The van der Waals surface area contributed by atoms with Crippen molar-refractivity contribution in [1.29, 1.82) is 0 Å². The topological polar surface area (TPSA) is 13.0 Å². The largest absolute Gasteiger partial charge is 0.361 e. The fraction of sp³-hybridized carbons (Fsp3) is 0.818. The summed E-state index contributed by atoms with van der Waals surface area (Å²) in [4.78, 5) is 8.68. The lowest BCUT2D eigenvalue weighted by atomic mass is 10.4. The van der Waals surface area contributed by atoms with Crippen LogP contribution in [0.15, 0.2) is 11.6 Å². The van der Waals surface area contributed by atoms with E-state index >= 15 is 0 Å². The molecule has 0 saturated heterocycles. The van der Waals surface area contributed by atoms with Gasteiger partial charge in [-0.05, 0) is 6.92 Å². The first-order valence-electron chi connectivity index (χ1n) is 5.30. The summed E-state index contributed by atoms with van der Waals surface area (Å²) in [5.74, 6) is 2.44. The van der Waals surface area contributed by atoms with Gasteiger partial charge < -0.3 is 19.6 Å². The normalized spacial score (nSPS) is 9.60. The second-order valence-corrected chi connectivity index (χ2v) is 4.34. The van der Waals surface area contributed by atoms with Crippen LogP contribution in [0.5, 0.6) is 0 Å². The minimum absolute atomic E-state index is 0.999. The van der Waals surface area contributed by atoms with E-state index in [1.54, 1.807) is 0 Å². The van der Waals surface area contributed by atoms with Crippen LogP contribution in [-0.4, -0.2) is 75.5 Å². The van der Waals surface area contributed by atoms with Crippen LogP contribution in [0.3, 0.4) is 0 Å². The zero-order chi connectivity index (χ0) is 12.2. The summed E-state index contributed by atoms with van der Waals surface area (Å²) in [6, 6.07) is 0. The van der Waals surface area contributed by atoms with Crippen LogP contribution >= 0.6 is 0 Å². The second kappa shape index (κ2) is 5.73. The summed E-state index contributed by atoms with van der Waals surface area (Å²) in [5.41, 5.74) is 0. The Bertz CT molecular complexity index is 209.